The van der Waals surface area contributed by atoms with Crippen LogP contribution in [0.2, 0.25) is 0 Å². The smallest absolute Gasteiger partial charge is 0.0977 e. The first-order valence-electron chi connectivity index (χ1n) is 6.84. The van der Waals surface area contributed by atoms with Crippen molar-refractivity contribution in [2.24, 2.45) is 5.10 Å². The standard InChI is InChI=1S/C19H15N2/c1-4-10-16(11-5-1)19(17-12-6-2-7-13-17)21-20-18-14-8-3-9-15-18/h1-8,10-15,20H. The minimum absolute atomic E-state index is 0.917. The van der Waals surface area contributed by atoms with E-state index in [9.17, 15) is 0 Å². The zero-order valence-electron chi connectivity index (χ0n) is 11.5. The van der Waals surface area contributed by atoms with Gasteiger partial charge in [-0.3, -0.25) is 5.43 Å². The van der Waals surface area contributed by atoms with Crippen molar-refractivity contribution in [2.75, 3.05) is 5.43 Å². The highest BCUT2D eigenvalue weighted by molar-refractivity contribution is 6.13. The largest absolute Gasteiger partial charge is 0.278 e. The van der Waals surface area contributed by atoms with E-state index in [1.807, 2.05) is 60.7 Å². The number of hydrazone groups is 1. The molecule has 0 aliphatic heterocycles. The van der Waals surface area contributed by atoms with Crippen molar-refractivity contribution in [2.45, 2.75) is 0 Å². The molecule has 0 aliphatic carbocycles. The Labute approximate surface area is 124 Å². The molecule has 3 aromatic rings. The molecule has 0 saturated heterocycles. The van der Waals surface area contributed by atoms with Gasteiger partial charge in [-0.25, -0.2) is 0 Å². The zero-order chi connectivity index (χ0) is 14.3. The molecule has 0 heterocycles. The summed E-state index contributed by atoms with van der Waals surface area (Å²) in [5, 5.41) is 4.58. The Kier molecular flexibility index (Phi) is 4.08. The Balaban J connectivity index is 1.97. The highest BCUT2D eigenvalue weighted by Crippen LogP contribution is 2.12. The summed E-state index contributed by atoms with van der Waals surface area (Å²) < 4.78 is 0. The summed E-state index contributed by atoms with van der Waals surface area (Å²) >= 11 is 0. The van der Waals surface area contributed by atoms with Crippen molar-refractivity contribution < 1.29 is 0 Å². The van der Waals surface area contributed by atoms with Gasteiger partial charge in [0.05, 0.1) is 11.4 Å². The van der Waals surface area contributed by atoms with Gasteiger partial charge in [-0.05, 0) is 18.2 Å². The third-order valence-electron chi connectivity index (χ3n) is 3.10. The van der Waals surface area contributed by atoms with Crippen LogP contribution in [-0.4, -0.2) is 5.71 Å². The summed E-state index contributed by atoms with van der Waals surface area (Å²) in [5.41, 5.74) is 7.09. The number of rotatable bonds is 4. The number of benzene rings is 3. The Morgan fingerprint density at radius 2 is 1.38 bits per heavy atom. The third-order valence-corrected chi connectivity index (χ3v) is 3.10. The molecule has 3 rings (SSSR count). The molecule has 0 aromatic heterocycles. The van der Waals surface area contributed by atoms with E-state index in [1.165, 1.54) is 0 Å². The molecule has 0 aliphatic rings. The van der Waals surface area contributed by atoms with Gasteiger partial charge in [0.1, 0.15) is 0 Å². The van der Waals surface area contributed by atoms with Gasteiger partial charge in [0.15, 0.2) is 0 Å². The molecule has 2 nitrogen and oxygen atoms in total. The Morgan fingerprint density at radius 3 is 1.90 bits per heavy atom. The average molecular weight is 271 g/mol. The lowest BCUT2D eigenvalue weighted by molar-refractivity contribution is 1.32. The van der Waals surface area contributed by atoms with Gasteiger partial charge in [0.2, 0.25) is 0 Å². The summed E-state index contributed by atoms with van der Waals surface area (Å²) in [6.45, 7) is 0. The Morgan fingerprint density at radius 1 is 0.762 bits per heavy atom. The normalized spacial score (nSPS) is 9.90. The molecular weight excluding hydrogens is 256 g/mol. The Bertz CT molecular complexity index is 663. The molecule has 1 radical (unpaired) electrons. The fraction of sp³-hybridized carbons (Fsp3) is 0. The van der Waals surface area contributed by atoms with Crippen molar-refractivity contribution in [3.8, 4) is 0 Å². The van der Waals surface area contributed by atoms with Crippen LogP contribution >= 0.6 is 0 Å². The lowest BCUT2D eigenvalue weighted by Gasteiger charge is -2.08. The number of nitrogens with one attached hydrogen (secondary N) is 1. The van der Waals surface area contributed by atoms with Gasteiger partial charge < -0.3 is 0 Å². The second-order valence-electron chi connectivity index (χ2n) is 4.60. The molecule has 2 heteroatoms. The van der Waals surface area contributed by atoms with Gasteiger partial charge in [-0.1, -0.05) is 72.8 Å². The molecule has 0 unspecified atom stereocenters. The van der Waals surface area contributed by atoms with Crippen molar-refractivity contribution in [1.82, 2.24) is 0 Å². The third kappa shape index (κ3) is 3.37. The Hall–Kier alpha value is -2.87. The van der Waals surface area contributed by atoms with Crippen LogP contribution in [0.5, 0.6) is 0 Å². The van der Waals surface area contributed by atoms with E-state index in [0.29, 0.717) is 0 Å². The zero-order valence-corrected chi connectivity index (χ0v) is 11.5. The van der Waals surface area contributed by atoms with Gasteiger partial charge >= 0.3 is 0 Å². The van der Waals surface area contributed by atoms with Gasteiger partial charge in [-0.2, -0.15) is 5.10 Å². The van der Waals surface area contributed by atoms with Crippen molar-refractivity contribution in [3.63, 3.8) is 0 Å². The second-order valence-corrected chi connectivity index (χ2v) is 4.60. The summed E-state index contributed by atoms with van der Waals surface area (Å²) in [6.07, 6.45) is 0. The van der Waals surface area contributed by atoms with Crippen molar-refractivity contribution in [1.29, 1.82) is 0 Å². The predicted molar refractivity (Wildman–Crippen MR) is 87.4 cm³/mol. The lowest BCUT2D eigenvalue weighted by Crippen LogP contribution is -2.06. The fourth-order valence-electron chi connectivity index (χ4n) is 2.07. The van der Waals surface area contributed by atoms with Gasteiger partial charge in [-0.15, -0.1) is 0 Å². The fourth-order valence-corrected chi connectivity index (χ4v) is 2.07. The number of anilines is 1. The van der Waals surface area contributed by atoms with Crippen molar-refractivity contribution in [3.05, 3.63) is 102 Å². The second kappa shape index (κ2) is 6.53. The highest BCUT2D eigenvalue weighted by Gasteiger charge is 2.06. The molecule has 1 N–H and O–H groups in total. The van der Waals surface area contributed by atoms with Gasteiger partial charge in [0.25, 0.3) is 0 Å². The predicted octanol–water partition coefficient (Wildman–Crippen LogP) is 4.35. The monoisotopic (exact) mass is 271 g/mol. The molecular formula is C19H15N2. The van der Waals surface area contributed by atoms with Gasteiger partial charge in [0, 0.05) is 11.1 Å². The van der Waals surface area contributed by atoms with Crippen LogP contribution in [-0.2, 0) is 0 Å². The van der Waals surface area contributed by atoms with E-state index in [1.54, 1.807) is 0 Å². The number of nitrogens with zero attached hydrogens (tertiary/aromatic N) is 1. The van der Waals surface area contributed by atoms with Crippen LogP contribution in [0.25, 0.3) is 0 Å². The first-order chi connectivity index (χ1) is 10.4. The molecule has 0 bridgehead atoms. The number of hydrogen-bond acceptors (Lipinski definition) is 2. The van der Waals surface area contributed by atoms with Crippen LogP contribution in [0.1, 0.15) is 11.1 Å². The highest BCUT2D eigenvalue weighted by atomic mass is 15.3. The molecule has 0 fully saturated rings. The summed E-state index contributed by atoms with van der Waals surface area (Å²) in [5.74, 6) is 0. The number of hydrogen-bond donors (Lipinski definition) is 1. The molecule has 21 heavy (non-hydrogen) atoms. The van der Waals surface area contributed by atoms with Crippen LogP contribution in [0.15, 0.2) is 90.0 Å². The summed E-state index contributed by atoms with van der Waals surface area (Å²) in [7, 11) is 0. The van der Waals surface area contributed by atoms with Crippen LogP contribution < -0.4 is 5.43 Å². The molecule has 3 aromatic carbocycles. The maximum Gasteiger partial charge on any atom is 0.0977 e. The molecule has 0 spiro atoms. The van der Waals surface area contributed by atoms with Crippen molar-refractivity contribution >= 4 is 11.4 Å². The first kappa shape index (κ1) is 13.1. The summed E-state index contributed by atoms with van der Waals surface area (Å²) in [4.78, 5) is 0. The van der Waals surface area contributed by atoms with E-state index in [0.717, 1.165) is 22.5 Å². The minimum atomic E-state index is 0.917. The summed E-state index contributed by atoms with van der Waals surface area (Å²) in [6, 6.07) is 31.0. The maximum absolute atomic E-state index is 4.58. The molecule has 0 atom stereocenters. The van der Waals surface area contributed by atoms with E-state index in [4.69, 9.17) is 0 Å². The van der Waals surface area contributed by atoms with E-state index >= 15 is 0 Å². The minimum Gasteiger partial charge on any atom is -0.278 e. The quantitative estimate of drug-likeness (QED) is 0.553. The van der Waals surface area contributed by atoms with E-state index in [-0.39, 0.29) is 0 Å². The molecule has 0 amide bonds. The SMILES string of the molecule is [c]1cccc(NN=C(c2ccccc2)c2ccccc2)c1. The lowest BCUT2D eigenvalue weighted by atomic mass is 10.0. The first-order valence-corrected chi connectivity index (χ1v) is 6.84. The van der Waals surface area contributed by atoms with Crippen LogP contribution in [0.3, 0.4) is 0 Å². The molecule has 101 valence electrons. The van der Waals surface area contributed by atoms with E-state index < -0.39 is 0 Å². The maximum atomic E-state index is 4.58. The molecule has 0 saturated carbocycles. The average Bonchev–Trinajstić information content (AvgIpc) is 2.58. The van der Waals surface area contributed by atoms with E-state index in [2.05, 4.69) is 40.9 Å². The topological polar surface area (TPSA) is 24.4 Å². The van der Waals surface area contributed by atoms with Crippen LogP contribution in [0.4, 0.5) is 5.69 Å². The van der Waals surface area contributed by atoms with Crippen LogP contribution in [0, 0.1) is 6.07 Å².